The molecule has 138 valence electrons. The van der Waals surface area contributed by atoms with Crippen LogP contribution in [0.2, 0.25) is 18.1 Å². The number of hydrogen-bond donors (Lipinski definition) is 1. The molecule has 1 N–H and O–H groups in total. The first-order valence-corrected chi connectivity index (χ1v) is 11.3. The van der Waals surface area contributed by atoms with E-state index in [4.69, 9.17) is 21.0 Å². The lowest BCUT2D eigenvalue weighted by atomic mass is 10.2. The van der Waals surface area contributed by atoms with Gasteiger partial charge in [0.2, 0.25) is 0 Å². The van der Waals surface area contributed by atoms with E-state index in [1.165, 1.54) is 4.90 Å². The van der Waals surface area contributed by atoms with Crippen LogP contribution in [0.25, 0.3) is 0 Å². The molecule has 24 heavy (non-hydrogen) atoms. The van der Waals surface area contributed by atoms with E-state index < -0.39 is 20.0 Å². The van der Waals surface area contributed by atoms with E-state index in [2.05, 4.69) is 39.8 Å². The van der Waals surface area contributed by atoms with E-state index >= 15 is 0 Å². The first-order chi connectivity index (χ1) is 10.7. The Morgan fingerprint density at radius 2 is 1.75 bits per heavy atom. The lowest BCUT2D eigenvalue weighted by Crippen LogP contribution is -2.42. The molecule has 0 rings (SSSR count). The number of hydrogen-bond acceptors (Lipinski definition) is 4. The molecule has 6 heteroatoms. The highest BCUT2D eigenvalue weighted by Gasteiger charge is 2.36. The van der Waals surface area contributed by atoms with Gasteiger partial charge < -0.3 is 14.1 Å². The molecule has 0 saturated carbocycles. The number of terminal acetylenes is 1. The second-order valence-electron chi connectivity index (χ2n) is 8.49. The van der Waals surface area contributed by atoms with Crippen molar-refractivity contribution in [2.75, 3.05) is 19.7 Å². The number of ether oxygens (including phenoxy) is 1. The standard InChI is InChI=1S/C18H34N2O3Si/c1-10-15(19)14-20(16(21)23-17(2,3)4)12-11-13-22-24(8,9)18(5,6)7/h1,19H,11-14H2,2-9H3. The fourth-order valence-electron chi connectivity index (χ4n) is 1.60. The fourth-order valence-corrected chi connectivity index (χ4v) is 2.68. The molecule has 0 aromatic heterocycles. The minimum atomic E-state index is -1.79. The number of nitrogens with zero attached hydrogens (tertiary/aromatic N) is 1. The van der Waals surface area contributed by atoms with Crippen LogP contribution in [0, 0.1) is 17.8 Å². The Morgan fingerprint density at radius 1 is 1.21 bits per heavy atom. The SMILES string of the molecule is C#CC(=N)CN(CCCO[Si](C)(C)C(C)(C)C)C(=O)OC(C)(C)C. The van der Waals surface area contributed by atoms with E-state index in [9.17, 15) is 4.79 Å². The molecule has 0 unspecified atom stereocenters. The van der Waals surface area contributed by atoms with E-state index in [-0.39, 0.29) is 17.3 Å². The molecule has 5 nitrogen and oxygen atoms in total. The van der Waals surface area contributed by atoms with Gasteiger partial charge in [-0.25, -0.2) is 4.79 Å². The summed E-state index contributed by atoms with van der Waals surface area (Å²) in [6, 6.07) is 0. The van der Waals surface area contributed by atoms with E-state index in [1.54, 1.807) is 0 Å². The Kier molecular flexibility index (Phi) is 8.20. The molecular weight excluding hydrogens is 320 g/mol. The van der Waals surface area contributed by atoms with Crippen molar-refractivity contribution in [1.82, 2.24) is 4.90 Å². The molecule has 0 aliphatic carbocycles. The largest absolute Gasteiger partial charge is 0.444 e. The van der Waals surface area contributed by atoms with Crippen molar-refractivity contribution in [3.8, 4) is 12.3 Å². The van der Waals surface area contributed by atoms with Gasteiger partial charge in [-0.3, -0.25) is 5.41 Å². The molecule has 0 fully saturated rings. The summed E-state index contributed by atoms with van der Waals surface area (Å²) in [5.74, 6) is 2.26. The first-order valence-electron chi connectivity index (χ1n) is 8.35. The summed E-state index contributed by atoms with van der Waals surface area (Å²) in [6.45, 7) is 17.6. The Bertz CT molecular complexity index is 482. The van der Waals surface area contributed by atoms with E-state index in [1.807, 2.05) is 20.8 Å². The van der Waals surface area contributed by atoms with Gasteiger partial charge in [0.1, 0.15) is 11.3 Å². The topological polar surface area (TPSA) is 62.6 Å². The van der Waals surface area contributed by atoms with Crippen molar-refractivity contribution >= 4 is 20.1 Å². The molecule has 0 heterocycles. The number of carbonyl (C=O) groups is 1. The highest BCUT2D eigenvalue weighted by atomic mass is 28.4. The van der Waals surface area contributed by atoms with Gasteiger partial charge >= 0.3 is 6.09 Å². The maximum Gasteiger partial charge on any atom is 0.410 e. The number of amides is 1. The summed E-state index contributed by atoms with van der Waals surface area (Å²) in [4.78, 5) is 13.7. The van der Waals surface area contributed by atoms with E-state index in [0.29, 0.717) is 19.6 Å². The molecule has 1 amide bonds. The molecule has 0 aliphatic heterocycles. The second-order valence-corrected chi connectivity index (χ2v) is 13.3. The maximum absolute atomic E-state index is 12.3. The van der Waals surface area contributed by atoms with Crippen LogP contribution in [0.4, 0.5) is 4.79 Å². The Morgan fingerprint density at radius 3 is 2.17 bits per heavy atom. The Balaban J connectivity index is 4.66. The lowest BCUT2D eigenvalue weighted by Gasteiger charge is -2.36. The van der Waals surface area contributed by atoms with Crippen molar-refractivity contribution in [3.63, 3.8) is 0 Å². The number of nitrogens with one attached hydrogen (secondary N) is 1. The van der Waals surface area contributed by atoms with Gasteiger partial charge in [0.25, 0.3) is 0 Å². The van der Waals surface area contributed by atoms with Gasteiger partial charge in [0, 0.05) is 13.2 Å². The van der Waals surface area contributed by atoms with Crippen molar-refractivity contribution < 1.29 is 14.0 Å². The zero-order chi connectivity index (χ0) is 19.2. The summed E-state index contributed by atoms with van der Waals surface area (Å²) in [7, 11) is -1.79. The molecule has 0 bridgehead atoms. The summed E-state index contributed by atoms with van der Waals surface area (Å²) in [5, 5.41) is 7.80. The van der Waals surface area contributed by atoms with Crippen LogP contribution in [0.15, 0.2) is 0 Å². The lowest BCUT2D eigenvalue weighted by molar-refractivity contribution is 0.0271. The van der Waals surface area contributed by atoms with Crippen LogP contribution in [-0.2, 0) is 9.16 Å². The second kappa shape index (κ2) is 8.68. The Hall–Kier alpha value is -1.32. The third-order valence-electron chi connectivity index (χ3n) is 4.02. The van der Waals surface area contributed by atoms with Crippen molar-refractivity contribution in [1.29, 1.82) is 5.41 Å². The maximum atomic E-state index is 12.3. The van der Waals surface area contributed by atoms with E-state index in [0.717, 1.165) is 0 Å². The Labute approximate surface area is 148 Å². The minimum Gasteiger partial charge on any atom is -0.444 e. The van der Waals surface area contributed by atoms with Crippen LogP contribution in [0.1, 0.15) is 48.0 Å². The summed E-state index contributed by atoms with van der Waals surface area (Å²) < 4.78 is 11.5. The monoisotopic (exact) mass is 354 g/mol. The van der Waals surface area contributed by atoms with Gasteiger partial charge in [-0.15, -0.1) is 6.42 Å². The van der Waals surface area contributed by atoms with Gasteiger partial charge in [-0.2, -0.15) is 0 Å². The van der Waals surface area contributed by atoms with Crippen LogP contribution < -0.4 is 0 Å². The fraction of sp³-hybridized carbons (Fsp3) is 0.778. The smallest absolute Gasteiger partial charge is 0.410 e. The highest BCUT2D eigenvalue weighted by Crippen LogP contribution is 2.36. The molecule has 0 atom stereocenters. The van der Waals surface area contributed by atoms with Crippen LogP contribution in [-0.4, -0.2) is 50.3 Å². The third-order valence-corrected chi connectivity index (χ3v) is 8.55. The average molecular weight is 355 g/mol. The zero-order valence-electron chi connectivity index (χ0n) is 16.6. The van der Waals surface area contributed by atoms with Gasteiger partial charge in [0.15, 0.2) is 8.32 Å². The zero-order valence-corrected chi connectivity index (χ0v) is 17.6. The molecule has 0 aromatic rings. The van der Waals surface area contributed by atoms with Crippen molar-refractivity contribution in [2.45, 2.75) is 71.7 Å². The van der Waals surface area contributed by atoms with Crippen LogP contribution >= 0.6 is 0 Å². The number of carbonyl (C=O) groups excluding carboxylic acids is 1. The van der Waals surface area contributed by atoms with Crippen LogP contribution in [0.5, 0.6) is 0 Å². The van der Waals surface area contributed by atoms with Gasteiger partial charge in [-0.1, -0.05) is 26.7 Å². The molecule has 0 aliphatic rings. The molecule has 0 radical (unpaired) electrons. The van der Waals surface area contributed by atoms with Gasteiger partial charge in [-0.05, 0) is 45.3 Å². The van der Waals surface area contributed by atoms with Gasteiger partial charge in [0.05, 0.1) is 6.54 Å². The normalized spacial score (nSPS) is 12.5. The molecule has 0 saturated heterocycles. The van der Waals surface area contributed by atoms with Crippen molar-refractivity contribution in [3.05, 3.63) is 0 Å². The molecule has 0 aromatic carbocycles. The summed E-state index contributed by atoms with van der Waals surface area (Å²) in [6.07, 6.45) is 5.47. The molecular formula is C18H34N2O3Si. The quantitative estimate of drug-likeness (QED) is 0.321. The van der Waals surface area contributed by atoms with Crippen LogP contribution in [0.3, 0.4) is 0 Å². The average Bonchev–Trinajstić information content (AvgIpc) is 2.38. The number of rotatable bonds is 7. The summed E-state index contributed by atoms with van der Waals surface area (Å²) >= 11 is 0. The predicted octanol–water partition coefficient (Wildman–Crippen LogP) is 4.29. The predicted molar refractivity (Wildman–Crippen MR) is 102 cm³/mol. The van der Waals surface area contributed by atoms with Crippen molar-refractivity contribution in [2.24, 2.45) is 0 Å². The highest BCUT2D eigenvalue weighted by molar-refractivity contribution is 6.74. The third kappa shape index (κ3) is 8.51. The minimum absolute atomic E-state index is 0.0613. The first kappa shape index (κ1) is 22.7. The molecule has 0 spiro atoms. The summed E-state index contributed by atoms with van der Waals surface area (Å²) in [5.41, 5.74) is -0.517.